The van der Waals surface area contributed by atoms with E-state index >= 15 is 0 Å². The monoisotopic (exact) mass is 200 g/mol. The number of carbonyl (C=O) groups is 1. The Morgan fingerprint density at radius 3 is 2.86 bits per heavy atom. The summed E-state index contributed by atoms with van der Waals surface area (Å²) in [6, 6.07) is 0. The molecule has 0 amide bonds. The molecule has 4 heteroatoms. The highest BCUT2D eigenvalue weighted by molar-refractivity contribution is 5.87. The minimum atomic E-state index is -0.428. The van der Waals surface area contributed by atoms with Gasteiger partial charge in [-0.2, -0.15) is 0 Å². The Kier molecular flexibility index (Phi) is 7.55. The summed E-state index contributed by atoms with van der Waals surface area (Å²) < 4.78 is 9.74. The highest BCUT2D eigenvalue weighted by Gasteiger charge is 2.04. The summed E-state index contributed by atoms with van der Waals surface area (Å²) in [6.07, 6.45) is 3.37. The van der Waals surface area contributed by atoms with Crippen molar-refractivity contribution in [3.63, 3.8) is 0 Å². The van der Waals surface area contributed by atoms with E-state index in [4.69, 9.17) is 14.6 Å². The van der Waals surface area contributed by atoms with Crippen LogP contribution in [0, 0.1) is 0 Å². The van der Waals surface area contributed by atoms with Gasteiger partial charge in [0.25, 0.3) is 0 Å². The molecule has 1 N–H and O–H groups in total. The molecule has 0 fully saturated rings. The van der Waals surface area contributed by atoms with E-state index in [2.05, 4.69) is 6.58 Å². The number of rotatable bonds is 7. The number of ether oxygens (including phenoxy) is 2. The van der Waals surface area contributed by atoms with Crippen molar-refractivity contribution >= 4 is 5.97 Å². The van der Waals surface area contributed by atoms with Crippen LogP contribution in [0.1, 0.15) is 13.3 Å². The van der Waals surface area contributed by atoms with Crippen molar-refractivity contribution in [3.05, 3.63) is 24.5 Å². The maximum Gasteiger partial charge on any atom is 0.336 e. The van der Waals surface area contributed by atoms with E-state index in [-0.39, 0.29) is 13.2 Å². The maximum absolute atomic E-state index is 11.1. The van der Waals surface area contributed by atoms with Crippen molar-refractivity contribution in [2.75, 3.05) is 19.8 Å². The first-order valence-corrected chi connectivity index (χ1v) is 4.39. The summed E-state index contributed by atoms with van der Waals surface area (Å²) in [4.78, 5) is 11.1. The average Bonchev–Trinajstić information content (AvgIpc) is 2.18. The number of hydrogen-bond acceptors (Lipinski definition) is 4. The van der Waals surface area contributed by atoms with Gasteiger partial charge >= 0.3 is 5.97 Å². The van der Waals surface area contributed by atoms with E-state index in [1.54, 1.807) is 13.0 Å². The van der Waals surface area contributed by atoms with Crippen molar-refractivity contribution in [3.8, 4) is 0 Å². The van der Waals surface area contributed by atoms with Gasteiger partial charge in [0.2, 0.25) is 0 Å². The highest BCUT2D eigenvalue weighted by atomic mass is 16.5. The second kappa shape index (κ2) is 8.31. The molecule has 0 aromatic carbocycles. The van der Waals surface area contributed by atoms with E-state index in [1.165, 1.54) is 6.26 Å². The Balaban J connectivity index is 3.74. The Bertz CT molecular complexity index is 208. The summed E-state index contributed by atoms with van der Waals surface area (Å²) in [6.45, 7) is 5.67. The molecular weight excluding hydrogens is 184 g/mol. The molecule has 0 saturated carbocycles. The third-order valence-corrected chi connectivity index (χ3v) is 1.33. The van der Waals surface area contributed by atoms with Gasteiger partial charge in [-0.1, -0.05) is 12.7 Å². The van der Waals surface area contributed by atoms with Gasteiger partial charge in [-0.3, -0.25) is 0 Å². The number of esters is 1. The van der Waals surface area contributed by atoms with E-state index in [9.17, 15) is 4.79 Å². The lowest BCUT2D eigenvalue weighted by molar-refractivity contribution is -0.139. The summed E-state index contributed by atoms with van der Waals surface area (Å²) in [5.74, 6) is -0.428. The third kappa shape index (κ3) is 6.25. The van der Waals surface area contributed by atoms with E-state index in [0.717, 1.165) is 0 Å². The zero-order valence-corrected chi connectivity index (χ0v) is 8.36. The standard InChI is InChI=1S/C10H16O4/c1-3-6-13-8-9(2)10(12)14-7-4-5-11/h3,8,11H,1,4-7H2,2H3. The molecular formula is C10H16O4. The summed E-state index contributed by atoms with van der Waals surface area (Å²) in [7, 11) is 0. The van der Waals surface area contributed by atoms with E-state index in [1.807, 2.05) is 0 Å². The first-order valence-electron chi connectivity index (χ1n) is 4.39. The van der Waals surface area contributed by atoms with Crippen LogP contribution in [0.4, 0.5) is 0 Å². The Hall–Kier alpha value is -1.29. The zero-order chi connectivity index (χ0) is 10.8. The molecule has 0 saturated heterocycles. The van der Waals surface area contributed by atoms with Crippen LogP contribution in [0.5, 0.6) is 0 Å². The maximum atomic E-state index is 11.1. The van der Waals surface area contributed by atoms with Crippen LogP contribution in [0.3, 0.4) is 0 Å². The van der Waals surface area contributed by atoms with Gasteiger partial charge in [0.05, 0.1) is 18.4 Å². The van der Waals surface area contributed by atoms with Crippen LogP contribution < -0.4 is 0 Å². The minimum Gasteiger partial charge on any atom is -0.497 e. The SMILES string of the molecule is C=CCOC=C(C)C(=O)OCCCO. The molecule has 80 valence electrons. The van der Waals surface area contributed by atoms with Crippen molar-refractivity contribution in [2.24, 2.45) is 0 Å². The second-order valence-corrected chi connectivity index (χ2v) is 2.64. The third-order valence-electron chi connectivity index (χ3n) is 1.33. The van der Waals surface area contributed by atoms with E-state index in [0.29, 0.717) is 18.6 Å². The fourth-order valence-corrected chi connectivity index (χ4v) is 0.633. The van der Waals surface area contributed by atoms with Crippen molar-refractivity contribution in [1.29, 1.82) is 0 Å². The summed E-state index contributed by atoms with van der Waals surface area (Å²) in [5.41, 5.74) is 0.393. The molecule has 0 rings (SSSR count). The Morgan fingerprint density at radius 2 is 2.29 bits per heavy atom. The normalized spacial score (nSPS) is 10.9. The smallest absolute Gasteiger partial charge is 0.336 e. The van der Waals surface area contributed by atoms with Gasteiger partial charge in [0.15, 0.2) is 0 Å². The molecule has 14 heavy (non-hydrogen) atoms. The summed E-state index contributed by atoms with van der Waals surface area (Å²) >= 11 is 0. The Labute approximate surface area is 83.8 Å². The van der Waals surface area contributed by atoms with Gasteiger partial charge < -0.3 is 14.6 Å². The van der Waals surface area contributed by atoms with Crippen LogP contribution >= 0.6 is 0 Å². The molecule has 0 unspecified atom stereocenters. The molecule has 4 nitrogen and oxygen atoms in total. The van der Waals surface area contributed by atoms with Gasteiger partial charge in [-0.25, -0.2) is 4.79 Å². The largest absolute Gasteiger partial charge is 0.497 e. The number of aliphatic hydroxyl groups excluding tert-OH is 1. The van der Waals surface area contributed by atoms with Crippen LogP contribution in [-0.2, 0) is 14.3 Å². The van der Waals surface area contributed by atoms with Crippen molar-refractivity contribution in [2.45, 2.75) is 13.3 Å². The molecule has 0 heterocycles. The molecule has 0 aliphatic rings. The Morgan fingerprint density at radius 1 is 1.57 bits per heavy atom. The van der Waals surface area contributed by atoms with Gasteiger partial charge in [-0.15, -0.1) is 0 Å². The van der Waals surface area contributed by atoms with Crippen molar-refractivity contribution in [1.82, 2.24) is 0 Å². The summed E-state index contributed by atoms with van der Waals surface area (Å²) in [5, 5.41) is 8.45. The average molecular weight is 200 g/mol. The fraction of sp³-hybridized carbons (Fsp3) is 0.500. The first-order chi connectivity index (χ1) is 6.72. The van der Waals surface area contributed by atoms with Crippen LogP contribution in [-0.4, -0.2) is 30.9 Å². The molecule has 0 spiro atoms. The molecule has 0 aromatic heterocycles. The molecule has 0 bridgehead atoms. The molecule has 0 aliphatic heterocycles. The zero-order valence-electron chi connectivity index (χ0n) is 8.36. The van der Waals surface area contributed by atoms with Gasteiger partial charge in [0, 0.05) is 13.0 Å². The molecule has 0 aromatic rings. The van der Waals surface area contributed by atoms with Gasteiger partial charge in [-0.05, 0) is 6.92 Å². The first kappa shape index (κ1) is 12.7. The quantitative estimate of drug-likeness (QED) is 0.219. The topological polar surface area (TPSA) is 55.8 Å². The van der Waals surface area contributed by atoms with E-state index < -0.39 is 5.97 Å². The molecule has 0 atom stereocenters. The predicted octanol–water partition coefficient (Wildman–Crippen LogP) is 1.02. The number of aliphatic hydroxyl groups is 1. The number of carbonyl (C=O) groups excluding carboxylic acids is 1. The fourth-order valence-electron chi connectivity index (χ4n) is 0.633. The van der Waals surface area contributed by atoms with Crippen LogP contribution in [0.15, 0.2) is 24.5 Å². The molecule has 0 radical (unpaired) electrons. The number of hydrogen-bond donors (Lipinski definition) is 1. The van der Waals surface area contributed by atoms with Crippen LogP contribution in [0.25, 0.3) is 0 Å². The van der Waals surface area contributed by atoms with Gasteiger partial charge in [0.1, 0.15) is 6.61 Å². The molecule has 0 aliphatic carbocycles. The van der Waals surface area contributed by atoms with Crippen molar-refractivity contribution < 1.29 is 19.4 Å². The highest BCUT2D eigenvalue weighted by Crippen LogP contribution is 1.97. The lowest BCUT2D eigenvalue weighted by Gasteiger charge is -2.03. The minimum absolute atomic E-state index is 0.0169. The lowest BCUT2D eigenvalue weighted by atomic mass is 10.3. The van der Waals surface area contributed by atoms with Crippen LogP contribution in [0.2, 0.25) is 0 Å². The predicted molar refractivity (Wildman–Crippen MR) is 52.6 cm³/mol. The lowest BCUT2D eigenvalue weighted by Crippen LogP contribution is -2.08. The second-order valence-electron chi connectivity index (χ2n) is 2.64.